The van der Waals surface area contributed by atoms with Crippen molar-refractivity contribution in [1.82, 2.24) is 4.90 Å². The van der Waals surface area contributed by atoms with Gasteiger partial charge < -0.3 is 15.2 Å². The van der Waals surface area contributed by atoms with Gasteiger partial charge in [0, 0.05) is 55.2 Å². The Morgan fingerprint density at radius 3 is 2.70 bits per heavy atom. The molecule has 0 amide bonds. The first-order valence-electron chi connectivity index (χ1n) is 10.2. The van der Waals surface area contributed by atoms with E-state index in [0.717, 1.165) is 65.6 Å². The Morgan fingerprint density at radius 2 is 1.96 bits per heavy atom. The van der Waals surface area contributed by atoms with Crippen molar-refractivity contribution in [1.29, 1.82) is 0 Å². The summed E-state index contributed by atoms with van der Waals surface area (Å²) in [5, 5.41) is 0. The van der Waals surface area contributed by atoms with Gasteiger partial charge in [0.25, 0.3) is 0 Å². The van der Waals surface area contributed by atoms with E-state index in [1.165, 1.54) is 25.9 Å². The van der Waals surface area contributed by atoms with E-state index in [-0.39, 0.29) is 5.78 Å². The second-order valence-electron chi connectivity index (χ2n) is 8.48. The topological polar surface area (TPSA) is 64.8 Å². The summed E-state index contributed by atoms with van der Waals surface area (Å²) in [7, 11) is 0. The first-order chi connectivity index (χ1) is 13.1. The van der Waals surface area contributed by atoms with Crippen LogP contribution >= 0.6 is 15.9 Å². The second kappa shape index (κ2) is 7.05. The average Bonchev–Trinajstić information content (AvgIpc) is 3.08. The molecule has 1 aromatic carbocycles. The van der Waals surface area contributed by atoms with E-state index in [2.05, 4.69) is 20.8 Å². The molecule has 146 valence electrons. The monoisotopic (exact) mass is 434 g/mol. The van der Waals surface area contributed by atoms with Crippen LogP contribution in [0.15, 0.2) is 10.5 Å². The highest BCUT2D eigenvalue weighted by atomic mass is 79.9. The Hall–Kier alpha value is -1.11. The number of piperidine rings is 1. The van der Waals surface area contributed by atoms with Crippen molar-refractivity contribution in [3.8, 4) is 5.75 Å². The van der Waals surface area contributed by atoms with Crippen LogP contribution in [0.3, 0.4) is 0 Å². The smallest absolute Gasteiger partial charge is 0.166 e. The van der Waals surface area contributed by atoms with Crippen LogP contribution in [0.2, 0.25) is 0 Å². The summed E-state index contributed by atoms with van der Waals surface area (Å²) in [6.45, 7) is 4.89. The van der Waals surface area contributed by atoms with Gasteiger partial charge in [-0.25, -0.2) is 0 Å². The molecule has 1 aromatic rings. The molecular formula is C21H27BrN2O3. The maximum Gasteiger partial charge on any atom is 0.166 e. The minimum Gasteiger partial charge on any atom is -0.492 e. The number of carbonyl (C=O) groups excluding carboxylic acids is 1. The van der Waals surface area contributed by atoms with E-state index >= 15 is 0 Å². The molecule has 3 fully saturated rings. The highest BCUT2D eigenvalue weighted by Gasteiger charge is 2.55. The summed E-state index contributed by atoms with van der Waals surface area (Å²) < 4.78 is 12.0. The maximum absolute atomic E-state index is 12.9. The molecule has 6 heteroatoms. The molecule has 5 nitrogen and oxygen atoms in total. The lowest BCUT2D eigenvalue weighted by molar-refractivity contribution is 0.0367. The lowest BCUT2D eigenvalue weighted by Crippen LogP contribution is -2.39. The van der Waals surface area contributed by atoms with Gasteiger partial charge in [-0.3, -0.25) is 9.69 Å². The molecule has 2 atom stereocenters. The first-order valence-corrected chi connectivity index (χ1v) is 11.0. The SMILES string of the molecule is Nc1c(Br)cc(C(=O)CCC2C3CN(C4CCOCC4)CC23)c2c1CCO2. The molecule has 2 unspecified atom stereocenters. The van der Waals surface area contributed by atoms with Gasteiger partial charge in [-0.05, 0) is 59.0 Å². The predicted molar refractivity (Wildman–Crippen MR) is 107 cm³/mol. The Balaban J connectivity index is 1.17. The van der Waals surface area contributed by atoms with E-state index < -0.39 is 0 Å². The van der Waals surface area contributed by atoms with Gasteiger partial charge in [0.15, 0.2) is 5.78 Å². The first kappa shape index (κ1) is 18.0. The molecule has 0 aromatic heterocycles. The normalized spacial score (nSPS) is 30.0. The van der Waals surface area contributed by atoms with Gasteiger partial charge in [0.05, 0.1) is 17.9 Å². The molecule has 0 radical (unpaired) electrons. The Morgan fingerprint density at radius 1 is 1.22 bits per heavy atom. The van der Waals surface area contributed by atoms with Gasteiger partial charge >= 0.3 is 0 Å². The maximum atomic E-state index is 12.9. The number of ketones is 1. The molecular weight excluding hydrogens is 408 g/mol. The number of ether oxygens (including phenoxy) is 2. The number of nitrogens with zero attached hydrogens (tertiary/aromatic N) is 1. The van der Waals surface area contributed by atoms with Gasteiger partial charge in [-0.2, -0.15) is 0 Å². The summed E-state index contributed by atoms with van der Waals surface area (Å²) in [6.07, 6.45) is 4.77. The van der Waals surface area contributed by atoms with Crippen LogP contribution in [0.5, 0.6) is 5.75 Å². The average molecular weight is 435 g/mol. The van der Waals surface area contributed by atoms with Crippen molar-refractivity contribution in [3.63, 3.8) is 0 Å². The van der Waals surface area contributed by atoms with Crippen LogP contribution in [0.25, 0.3) is 0 Å². The zero-order chi connectivity index (χ0) is 18.5. The quantitative estimate of drug-likeness (QED) is 0.568. The molecule has 2 N–H and O–H groups in total. The largest absolute Gasteiger partial charge is 0.492 e. The number of fused-ring (bicyclic) bond motifs is 2. The van der Waals surface area contributed by atoms with E-state index in [0.29, 0.717) is 24.3 Å². The summed E-state index contributed by atoms with van der Waals surface area (Å²) >= 11 is 3.50. The van der Waals surface area contributed by atoms with E-state index in [9.17, 15) is 4.79 Å². The lowest BCUT2D eigenvalue weighted by atomic mass is 9.98. The highest BCUT2D eigenvalue weighted by molar-refractivity contribution is 9.10. The third-order valence-corrected chi connectivity index (χ3v) is 7.74. The van der Waals surface area contributed by atoms with Gasteiger partial charge in [0.1, 0.15) is 5.75 Å². The molecule has 1 aliphatic carbocycles. The van der Waals surface area contributed by atoms with Crippen molar-refractivity contribution in [2.45, 2.75) is 38.1 Å². The number of Topliss-reactive ketones (excluding diaryl/α,β-unsaturated/α-hetero) is 1. The minimum atomic E-state index is 0.195. The number of likely N-dealkylation sites (tertiary alicyclic amines) is 1. The number of benzene rings is 1. The predicted octanol–water partition coefficient (Wildman–Crippen LogP) is 3.29. The molecule has 27 heavy (non-hydrogen) atoms. The van der Waals surface area contributed by atoms with E-state index in [1.807, 2.05) is 6.07 Å². The molecule has 3 heterocycles. The number of halogens is 1. The fourth-order valence-electron chi connectivity index (χ4n) is 5.47. The second-order valence-corrected chi connectivity index (χ2v) is 9.33. The Kier molecular flexibility index (Phi) is 4.69. The van der Waals surface area contributed by atoms with Crippen LogP contribution < -0.4 is 10.5 Å². The number of carbonyl (C=O) groups is 1. The molecule has 3 aliphatic heterocycles. The van der Waals surface area contributed by atoms with Gasteiger partial charge in [-0.15, -0.1) is 0 Å². The zero-order valence-electron chi connectivity index (χ0n) is 15.6. The van der Waals surface area contributed by atoms with E-state index in [1.54, 1.807) is 0 Å². The fraction of sp³-hybridized carbons (Fsp3) is 0.667. The number of nitrogens with two attached hydrogens (primary N) is 1. The molecule has 0 bridgehead atoms. The van der Waals surface area contributed by atoms with Crippen molar-refractivity contribution in [3.05, 3.63) is 21.7 Å². The fourth-order valence-corrected chi connectivity index (χ4v) is 5.93. The van der Waals surface area contributed by atoms with Crippen LogP contribution in [0, 0.1) is 17.8 Å². The standard InChI is InChI=1S/C21H27BrN2O3/c22-18-9-15(21-14(20(18)23)5-8-27-21)19(25)2-1-13-16-10-24(11-17(13)16)12-3-6-26-7-4-12/h9,12-13,16-17H,1-8,10-11,23H2. The highest BCUT2D eigenvalue weighted by Crippen LogP contribution is 2.55. The van der Waals surface area contributed by atoms with Crippen molar-refractivity contribution >= 4 is 27.4 Å². The lowest BCUT2D eigenvalue weighted by Gasteiger charge is -2.32. The summed E-state index contributed by atoms with van der Waals surface area (Å²) in [5.74, 6) is 3.26. The Bertz CT molecular complexity index is 750. The van der Waals surface area contributed by atoms with Crippen molar-refractivity contribution in [2.75, 3.05) is 38.6 Å². The molecule has 2 saturated heterocycles. The van der Waals surface area contributed by atoms with Crippen LogP contribution in [-0.2, 0) is 11.2 Å². The number of anilines is 1. The third-order valence-electron chi connectivity index (χ3n) is 7.08. The molecule has 1 saturated carbocycles. The number of hydrogen-bond acceptors (Lipinski definition) is 5. The van der Waals surface area contributed by atoms with Crippen molar-refractivity contribution in [2.24, 2.45) is 17.8 Å². The summed E-state index contributed by atoms with van der Waals surface area (Å²) in [4.78, 5) is 15.5. The number of nitrogen functional groups attached to an aromatic ring is 1. The van der Waals surface area contributed by atoms with Gasteiger partial charge in [0.2, 0.25) is 0 Å². The number of rotatable bonds is 5. The summed E-state index contributed by atoms with van der Waals surface area (Å²) in [5.41, 5.74) is 8.53. The van der Waals surface area contributed by atoms with Crippen LogP contribution in [0.4, 0.5) is 5.69 Å². The third kappa shape index (κ3) is 3.19. The van der Waals surface area contributed by atoms with E-state index in [4.69, 9.17) is 15.2 Å². The molecule has 4 aliphatic rings. The molecule has 0 spiro atoms. The summed E-state index contributed by atoms with van der Waals surface area (Å²) in [6, 6.07) is 2.57. The minimum absolute atomic E-state index is 0.195. The Labute approximate surface area is 168 Å². The molecule has 5 rings (SSSR count). The number of hydrogen-bond donors (Lipinski definition) is 1. The van der Waals surface area contributed by atoms with Gasteiger partial charge in [-0.1, -0.05) is 0 Å². The van der Waals surface area contributed by atoms with Crippen LogP contribution in [-0.4, -0.2) is 49.6 Å². The van der Waals surface area contributed by atoms with Crippen molar-refractivity contribution < 1.29 is 14.3 Å². The zero-order valence-corrected chi connectivity index (χ0v) is 17.2. The van der Waals surface area contributed by atoms with Crippen LogP contribution in [0.1, 0.15) is 41.6 Å².